The van der Waals surface area contributed by atoms with Gasteiger partial charge in [-0.2, -0.15) is 0 Å². The number of Topliss-reactive ketones (excluding diaryl/α,β-unsaturated/α-hetero) is 8. The molecule has 0 fully saturated rings. The molecule has 12 heteroatoms. The van der Waals surface area contributed by atoms with Gasteiger partial charge in [-0.25, -0.2) is 0 Å². The second-order valence-electron chi connectivity index (χ2n) is 10.4. The average Bonchev–Trinajstić information content (AvgIpc) is 2.93. The molecule has 0 bridgehead atoms. The molecule has 0 unspecified atom stereocenters. The van der Waals surface area contributed by atoms with Crippen molar-refractivity contribution in [1.82, 2.24) is 5.32 Å². The molecule has 0 atom stereocenters. The van der Waals surface area contributed by atoms with Crippen molar-refractivity contribution in [1.29, 1.82) is 0 Å². The Labute approximate surface area is 246 Å². The quantitative estimate of drug-likeness (QED) is 0.135. The smallest absolute Gasteiger partial charge is 0.220 e. The molecule has 2 amide bonds. The van der Waals surface area contributed by atoms with Gasteiger partial charge in [0.1, 0.15) is 46.3 Å². The van der Waals surface area contributed by atoms with Crippen molar-refractivity contribution >= 4 is 58.1 Å². The minimum Gasteiger partial charge on any atom is -0.370 e. The fourth-order valence-electron chi connectivity index (χ4n) is 3.72. The summed E-state index contributed by atoms with van der Waals surface area (Å²) in [4.78, 5) is 116. The third-order valence-corrected chi connectivity index (χ3v) is 6.40. The molecule has 0 rings (SSSR count). The number of amides is 2. The molecule has 0 aromatic carbocycles. The maximum Gasteiger partial charge on any atom is 0.220 e. The van der Waals surface area contributed by atoms with Crippen LogP contribution in [0.1, 0.15) is 122 Å². The van der Waals surface area contributed by atoms with Crippen LogP contribution in [-0.4, -0.2) is 64.6 Å². The number of primary amides is 1. The zero-order chi connectivity index (χ0) is 31.9. The third-order valence-electron chi connectivity index (χ3n) is 6.40. The molecule has 0 saturated carbocycles. The summed E-state index contributed by atoms with van der Waals surface area (Å²) in [5, 5.41) is 2.56. The highest BCUT2D eigenvalue weighted by atomic mass is 16.2. The van der Waals surface area contributed by atoms with E-state index in [1.165, 1.54) is 6.92 Å². The van der Waals surface area contributed by atoms with Crippen LogP contribution in [-0.2, 0) is 47.9 Å². The standard InChI is InChI=1S/C30H44N2O10/c1-21(33)5-6-22(34)7-8-23(35)9-10-24(36)11-12-25(37)13-14-26(38)15-16-27(39)17-18-28(40)19-20-32-30(42)4-2-3-29(31)41/h2-20H2,1H3,(H2,31,41)(H,32,42). The summed E-state index contributed by atoms with van der Waals surface area (Å²) in [5.74, 6) is -2.51. The van der Waals surface area contributed by atoms with Gasteiger partial charge >= 0.3 is 0 Å². The Balaban J connectivity index is 3.91. The van der Waals surface area contributed by atoms with Crippen molar-refractivity contribution in [2.24, 2.45) is 5.73 Å². The summed E-state index contributed by atoms with van der Waals surface area (Å²) in [6, 6.07) is 0. The average molecular weight is 593 g/mol. The zero-order valence-electron chi connectivity index (χ0n) is 24.6. The Hall–Kier alpha value is -3.70. The van der Waals surface area contributed by atoms with Crippen LogP contribution in [0.4, 0.5) is 0 Å². The van der Waals surface area contributed by atoms with Crippen LogP contribution in [0.3, 0.4) is 0 Å². The van der Waals surface area contributed by atoms with Crippen molar-refractivity contribution < 1.29 is 47.9 Å². The van der Waals surface area contributed by atoms with Crippen LogP contribution < -0.4 is 11.1 Å². The topological polar surface area (TPSA) is 209 Å². The van der Waals surface area contributed by atoms with Gasteiger partial charge in [0.2, 0.25) is 11.8 Å². The normalized spacial score (nSPS) is 10.5. The number of carbonyl (C=O) groups excluding carboxylic acids is 10. The molecule has 12 nitrogen and oxygen atoms in total. The van der Waals surface area contributed by atoms with Gasteiger partial charge < -0.3 is 15.8 Å². The van der Waals surface area contributed by atoms with Gasteiger partial charge in [0.05, 0.1) is 0 Å². The number of carbonyl (C=O) groups is 10. The second-order valence-corrected chi connectivity index (χ2v) is 10.4. The predicted molar refractivity (Wildman–Crippen MR) is 151 cm³/mol. The SMILES string of the molecule is CC(=O)CCC(=O)CCC(=O)CCC(=O)CCC(=O)CCC(=O)CCC(=O)CCC(=O)CCNC(=O)CCCC(N)=O. The zero-order valence-corrected chi connectivity index (χ0v) is 24.6. The van der Waals surface area contributed by atoms with E-state index in [0.29, 0.717) is 6.42 Å². The lowest BCUT2D eigenvalue weighted by Gasteiger charge is -2.05. The van der Waals surface area contributed by atoms with Gasteiger partial charge in [-0.1, -0.05) is 0 Å². The van der Waals surface area contributed by atoms with Crippen molar-refractivity contribution in [2.75, 3.05) is 6.54 Å². The van der Waals surface area contributed by atoms with E-state index in [1.807, 2.05) is 0 Å². The maximum absolute atomic E-state index is 12.0. The van der Waals surface area contributed by atoms with Crippen LogP contribution in [0.5, 0.6) is 0 Å². The number of hydrogen-bond acceptors (Lipinski definition) is 10. The number of nitrogens with two attached hydrogens (primary N) is 1. The van der Waals surface area contributed by atoms with E-state index >= 15 is 0 Å². The Morgan fingerprint density at radius 1 is 0.405 bits per heavy atom. The number of rotatable bonds is 28. The van der Waals surface area contributed by atoms with Gasteiger partial charge in [0.25, 0.3) is 0 Å². The minimum absolute atomic E-state index is 0.00191. The summed E-state index contributed by atoms with van der Waals surface area (Å²) in [7, 11) is 0. The first-order valence-corrected chi connectivity index (χ1v) is 14.4. The lowest BCUT2D eigenvalue weighted by atomic mass is 10.00. The van der Waals surface area contributed by atoms with E-state index < -0.39 is 5.91 Å². The number of hydrogen-bond donors (Lipinski definition) is 2. The monoisotopic (exact) mass is 592 g/mol. The first-order valence-electron chi connectivity index (χ1n) is 14.4. The minimum atomic E-state index is -0.489. The molecule has 234 valence electrons. The fraction of sp³-hybridized carbons (Fsp3) is 0.667. The van der Waals surface area contributed by atoms with Gasteiger partial charge in [-0.05, 0) is 13.3 Å². The molecular formula is C30H44N2O10. The van der Waals surface area contributed by atoms with Crippen LogP contribution >= 0.6 is 0 Å². The fourth-order valence-corrected chi connectivity index (χ4v) is 3.72. The third kappa shape index (κ3) is 24.1. The largest absolute Gasteiger partial charge is 0.370 e. The van der Waals surface area contributed by atoms with Crippen molar-refractivity contribution in [3.05, 3.63) is 0 Å². The van der Waals surface area contributed by atoms with Crippen molar-refractivity contribution in [2.45, 2.75) is 122 Å². The van der Waals surface area contributed by atoms with E-state index in [0.717, 1.165) is 0 Å². The van der Waals surface area contributed by atoms with Gasteiger partial charge in [-0.15, -0.1) is 0 Å². The molecule has 0 aliphatic carbocycles. The van der Waals surface area contributed by atoms with Gasteiger partial charge in [0, 0.05) is 116 Å². The predicted octanol–water partition coefficient (Wildman–Crippen LogP) is 2.18. The highest BCUT2D eigenvalue weighted by Gasteiger charge is 2.14. The maximum atomic E-state index is 12.0. The summed E-state index contributed by atoms with van der Waals surface area (Å²) < 4.78 is 0. The van der Waals surface area contributed by atoms with Crippen LogP contribution in [0.15, 0.2) is 0 Å². The Morgan fingerprint density at radius 2 is 0.690 bits per heavy atom. The Kier molecular flexibility index (Phi) is 20.9. The van der Waals surface area contributed by atoms with Gasteiger partial charge in [-0.3, -0.25) is 43.2 Å². The molecule has 3 N–H and O–H groups in total. The molecule has 0 saturated heterocycles. The molecular weight excluding hydrogens is 548 g/mol. The summed E-state index contributed by atoms with van der Waals surface area (Å²) in [6.45, 7) is 1.52. The van der Waals surface area contributed by atoms with E-state index in [-0.39, 0.29) is 168 Å². The Morgan fingerprint density at radius 3 is 0.976 bits per heavy atom. The molecule has 0 heterocycles. The molecule has 0 spiro atoms. The van der Waals surface area contributed by atoms with Crippen molar-refractivity contribution in [3.8, 4) is 0 Å². The molecule has 0 radical (unpaired) electrons. The second kappa shape index (κ2) is 22.9. The van der Waals surface area contributed by atoms with E-state index in [1.54, 1.807) is 0 Å². The highest BCUT2D eigenvalue weighted by molar-refractivity contribution is 5.93. The van der Waals surface area contributed by atoms with Crippen LogP contribution in [0.25, 0.3) is 0 Å². The first-order chi connectivity index (χ1) is 19.8. The lowest BCUT2D eigenvalue weighted by molar-refractivity contribution is -0.128. The first kappa shape index (κ1) is 38.3. The molecule has 0 aromatic heterocycles. The molecule has 42 heavy (non-hydrogen) atoms. The highest BCUT2D eigenvalue weighted by Crippen LogP contribution is 2.09. The molecule has 0 aromatic rings. The van der Waals surface area contributed by atoms with Crippen LogP contribution in [0.2, 0.25) is 0 Å². The number of nitrogens with one attached hydrogen (secondary N) is 1. The molecule has 0 aliphatic rings. The van der Waals surface area contributed by atoms with Gasteiger partial charge in [0.15, 0.2) is 0 Å². The summed E-state index contributed by atoms with van der Waals surface area (Å²) in [5.41, 5.74) is 4.99. The van der Waals surface area contributed by atoms with Crippen molar-refractivity contribution in [3.63, 3.8) is 0 Å². The summed E-state index contributed by atoms with van der Waals surface area (Å²) >= 11 is 0. The van der Waals surface area contributed by atoms with E-state index in [4.69, 9.17) is 5.73 Å². The molecule has 0 aliphatic heterocycles. The summed E-state index contributed by atoms with van der Waals surface area (Å²) in [6.07, 6.45) is 0.658. The lowest BCUT2D eigenvalue weighted by Crippen LogP contribution is -2.26. The van der Waals surface area contributed by atoms with Crippen LogP contribution in [0, 0.1) is 0 Å². The van der Waals surface area contributed by atoms with E-state index in [2.05, 4.69) is 5.32 Å². The Bertz CT molecular complexity index is 1020. The number of ketones is 8. The van der Waals surface area contributed by atoms with E-state index in [9.17, 15) is 47.9 Å².